The summed E-state index contributed by atoms with van der Waals surface area (Å²) in [6, 6.07) is 13.4. The topological polar surface area (TPSA) is 36.7 Å². The second-order valence-corrected chi connectivity index (χ2v) is 3.44. The molecular weight excluding hydrogens is 215 g/mol. The zero-order valence-electron chi connectivity index (χ0n) is 8.97. The number of rotatable bonds is 2. The van der Waals surface area contributed by atoms with Gasteiger partial charge in [-0.1, -0.05) is 18.2 Å². The zero-order chi connectivity index (χ0) is 12.1. The smallest absolute Gasteiger partial charge is 0.123 e. The fourth-order valence-corrected chi connectivity index (χ4v) is 1.41. The van der Waals surface area contributed by atoms with Gasteiger partial charge in [0.25, 0.3) is 0 Å². The first-order chi connectivity index (χ1) is 8.29. The quantitative estimate of drug-likeness (QED) is 0.734. The van der Waals surface area contributed by atoms with Crippen LogP contribution in [-0.2, 0) is 0 Å². The number of aromatic nitrogens is 1. The predicted molar refractivity (Wildman–Crippen MR) is 64.1 cm³/mol. The minimum absolute atomic E-state index is 0.293. The van der Waals surface area contributed by atoms with Gasteiger partial charge in [-0.05, 0) is 35.9 Å². The minimum Gasteiger partial charge on any atom is -0.256 e. The highest BCUT2D eigenvalue weighted by atomic mass is 19.1. The highest BCUT2D eigenvalue weighted by Gasteiger charge is 2.01. The van der Waals surface area contributed by atoms with Crippen LogP contribution in [0.4, 0.5) is 4.39 Å². The first-order valence-electron chi connectivity index (χ1n) is 5.08. The van der Waals surface area contributed by atoms with Gasteiger partial charge >= 0.3 is 0 Å². The number of hydrogen-bond acceptors (Lipinski definition) is 2. The molecule has 2 aromatic rings. The lowest BCUT2D eigenvalue weighted by Crippen LogP contribution is -1.85. The summed E-state index contributed by atoms with van der Waals surface area (Å²) in [7, 11) is 0. The van der Waals surface area contributed by atoms with Gasteiger partial charge in [-0.25, -0.2) is 4.39 Å². The van der Waals surface area contributed by atoms with E-state index in [0.29, 0.717) is 11.3 Å². The molecule has 1 aromatic heterocycles. The fourth-order valence-electron chi connectivity index (χ4n) is 1.41. The maximum absolute atomic E-state index is 12.7. The molecule has 2 rings (SSSR count). The third-order valence-electron chi connectivity index (χ3n) is 2.24. The van der Waals surface area contributed by atoms with Gasteiger partial charge < -0.3 is 0 Å². The molecule has 0 fully saturated rings. The third kappa shape index (κ3) is 2.76. The summed E-state index contributed by atoms with van der Waals surface area (Å²) in [4.78, 5) is 4.10. The number of nitrogens with zero attached hydrogens (tertiary/aromatic N) is 2. The summed E-state index contributed by atoms with van der Waals surface area (Å²) in [6.07, 6.45) is 3.31. The summed E-state index contributed by atoms with van der Waals surface area (Å²) in [5, 5.41) is 9.06. The standard InChI is InChI=1S/C14H9FN2/c15-13-6-4-11(5-7-13)9-12(10-16)14-3-1-2-8-17-14/h1-9H/b12-9-. The zero-order valence-corrected chi connectivity index (χ0v) is 8.97. The average molecular weight is 224 g/mol. The Kier molecular flexibility index (Phi) is 3.27. The molecule has 17 heavy (non-hydrogen) atoms. The summed E-state index contributed by atoms with van der Waals surface area (Å²) < 4.78 is 12.7. The Morgan fingerprint density at radius 3 is 2.53 bits per heavy atom. The average Bonchev–Trinajstić information content (AvgIpc) is 2.39. The third-order valence-corrected chi connectivity index (χ3v) is 2.24. The monoisotopic (exact) mass is 224 g/mol. The van der Waals surface area contributed by atoms with Gasteiger partial charge in [0, 0.05) is 6.20 Å². The van der Waals surface area contributed by atoms with Crippen LogP contribution in [0.2, 0.25) is 0 Å². The van der Waals surface area contributed by atoms with E-state index in [4.69, 9.17) is 5.26 Å². The Morgan fingerprint density at radius 1 is 1.18 bits per heavy atom. The fraction of sp³-hybridized carbons (Fsp3) is 0. The lowest BCUT2D eigenvalue weighted by molar-refractivity contribution is 0.628. The first kappa shape index (κ1) is 11.0. The van der Waals surface area contributed by atoms with Crippen molar-refractivity contribution in [3.63, 3.8) is 0 Å². The van der Waals surface area contributed by atoms with Crippen molar-refractivity contribution in [1.29, 1.82) is 5.26 Å². The van der Waals surface area contributed by atoms with E-state index in [2.05, 4.69) is 11.1 Å². The molecule has 0 amide bonds. The second kappa shape index (κ2) is 5.04. The van der Waals surface area contributed by atoms with E-state index in [0.717, 1.165) is 5.56 Å². The van der Waals surface area contributed by atoms with Crippen LogP contribution >= 0.6 is 0 Å². The second-order valence-electron chi connectivity index (χ2n) is 3.44. The molecule has 0 saturated heterocycles. The van der Waals surface area contributed by atoms with Gasteiger partial charge in [0.05, 0.1) is 11.3 Å². The Labute approximate surface area is 98.7 Å². The lowest BCUT2D eigenvalue weighted by Gasteiger charge is -1.98. The maximum Gasteiger partial charge on any atom is 0.123 e. The van der Waals surface area contributed by atoms with E-state index >= 15 is 0 Å². The van der Waals surface area contributed by atoms with Crippen molar-refractivity contribution >= 4 is 11.6 Å². The van der Waals surface area contributed by atoms with Crippen LogP contribution in [0.15, 0.2) is 48.7 Å². The predicted octanol–water partition coefficient (Wildman–Crippen LogP) is 3.28. The molecular formula is C14H9FN2. The molecule has 0 aliphatic heterocycles. The number of hydrogen-bond donors (Lipinski definition) is 0. The highest BCUT2D eigenvalue weighted by Crippen LogP contribution is 2.15. The first-order valence-corrected chi connectivity index (χ1v) is 5.08. The van der Waals surface area contributed by atoms with Crippen molar-refractivity contribution < 1.29 is 4.39 Å². The molecule has 0 saturated carbocycles. The Hall–Kier alpha value is -2.47. The van der Waals surface area contributed by atoms with Crippen LogP contribution in [-0.4, -0.2) is 4.98 Å². The summed E-state index contributed by atoms with van der Waals surface area (Å²) in [5.41, 5.74) is 1.84. The molecule has 0 N–H and O–H groups in total. The van der Waals surface area contributed by atoms with Crippen molar-refractivity contribution in [1.82, 2.24) is 4.98 Å². The van der Waals surface area contributed by atoms with Crippen molar-refractivity contribution in [3.05, 3.63) is 65.7 Å². The Balaban J connectivity index is 2.37. The van der Waals surface area contributed by atoms with Crippen LogP contribution in [0, 0.1) is 17.1 Å². The SMILES string of the molecule is N#C/C(=C/c1ccc(F)cc1)c1ccccn1. The van der Waals surface area contributed by atoms with Gasteiger partial charge in [-0.15, -0.1) is 0 Å². The van der Waals surface area contributed by atoms with Gasteiger partial charge in [-0.3, -0.25) is 4.98 Å². The molecule has 1 heterocycles. The molecule has 82 valence electrons. The van der Waals surface area contributed by atoms with Crippen molar-refractivity contribution in [2.24, 2.45) is 0 Å². The van der Waals surface area contributed by atoms with Gasteiger partial charge in [-0.2, -0.15) is 5.26 Å². The van der Waals surface area contributed by atoms with Gasteiger partial charge in [0.2, 0.25) is 0 Å². The van der Waals surface area contributed by atoms with Crippen LogP contribution in [0.25, 0.3) is 11.6 Å². The highest BCUT2D eigenvalue weighted by molar-refractivity contribution is 5.88. The number of nitriles is 1. The van der Waals surface area contributed by atoms with Gasteiger partial charge in [0.1, 0.15) is 11.9 Å². The van der Waals surface area contributed by atoms with Gasteiger partial charge in [0.15, 0.2) is 0 Å². The largest absolute Gasteiger partial charge is 0.256 e. The molecule has 0 atom stereocenters. The van der Waals surface area contributed by atoms with Crippen LogP contribution in [0.1, 0.15) is 11.3 Å². The molecule has 0 aliphatic carbocycles. The normalized spacial score (nSPS) is 10.9. The number of allylic oxidation sites excluding steroid dienone is 1. The minimum atomic E-state index is -0.293. The van der Waals surface area contributed by atoms with Crippen LogP contribution < -0.4 is 0 Å². The van der Waals surface area contributed by atoms with Crippen molar-refractivity contribution in [3.8, 4) is 6.07 Å². The lowest BCUT2D eigenvalue weighted by atomic mass is 10.1. The summed E-state index contributed by atoms with van der Waals surface area (Å²) >= 11 is 0. The van der Waals surface area contributed by atoms with E-state index < -0.39 is 0 Å². The summed E-state index contributed by atoms with van der Waals surface area (Å²) in [5.74, 6) is -0.293. The van der Waals surface area contributed by atoms with E-state index in [-0.39, 0.29) is 5.82 Å². The molecule has 0 radical (unpaired) electrons. The number of benzene rings is 1. The van der Waals surface area contributed by atoms with Crippen LogP contribution in [0.3, 0.4) is 0 Å². The molecule has 0 unspecified atom stereocenters. The number of pyridine rings is 1. The Morgan fingerprint density at radius 2 is 1.94 bits per heavy atom. The Bertz CT molecular complexity index is 565. The molecule has 1 aromatic carbocycles. The summed E-state index contributed by atoms with van der Waals surface area (Å²) in [6.45, 7) is 0. The van der Waals surface area contributed by atoms with Crippen molar-refractivity contribution in [2.45, 2.75) is 0 Å². The molecule has 3 heteroatoms. The molecule has 0 aliphatic rings. The van der Waals surface area contributed by atoms with E-state index in [1.807, 2.05) is 6.07 Å². The van der Waals surface area contributed by atoms with Crippen molar-refractivity contribution in [2.75, 3.05) is 0 Å². The van der Waals surface area contributed by atoms with E-state index in [1.165, 1.54) is 12.1 Å². The van der Waals surface area contributed by atoms with E-state index in [1.54, 1.807) is 36.5 Å². The van der Waals surface area contributed by atoms with Crippen LogP contribution in [0.5, 0.6) is 0 Å². The maximum atomic E-state index is 12.7. The number of halogens is 1. The van der Waals surface area contributed by atoms with E-state index in [9.17, 15) is 4.39 Å². The molecule has 2 nitrogen and oxygen atoms in total. The molecule has 0 spiro atoms. The molecule has 0 bridgehead atoms.